The van der Waals surface area contributed by atoms with Crippen molar-refractivity contribution in [2.45, 2.75) is 49.2 Å². The molecule has 4 aromatic rings. The van der Waals surface area contributed by atoms with Crippen LogP contribution in [0.5, 0.6) is 0 Å². The van der Waals surface area contributed by atoms with Gasteiger partial charge < -0.3 is 15.3 Å². The van der Waals surface area contributed by atoms with E-state index in [0.717, 1.165) is 17.2 Å². The van der Waals surface area contributed by atoms with Gasteiger partial charge in [-0.3, -0.25) is 4.79 Å². The fourth-order valence-electron chi connectivity index (χ4n) is 6.00. The van der Waals surface area contributed by atoms with Crippen LogP contribution in [0.2, 0.25) is 0 Å². The van der Waals surface area contributed by atoms with Crippen molar-refractivity contribution >= 4 is 17.5 Å². The highest BCUT2D eigenvalue weighted by Gasteiger charge is 2.55. The van der Waals surface area contributed by atoms with E-state index in [9.17, 15) is 36.2 Å². The minimum absolute atomic E-state index is 0.108. The number of amides is 1. The molecule has 0 spiro atoms. The molecule has 8 nitrogen and oxygen atoms in total. The Hall–Kier alpha value is -4.46. The van der Waals surface area contributed by atoms with Crippen LogP contribution in [0.15, 0.2) is 72.8 Å². The molecule has 0 aliphatic carbocycles. The molecule has 0 unspecified atom stereocenters. The fraction of sp³-hybridized carbons (Fsp3) is 0.333. The van der Waals surface area contributed by atoms with Gasteiger partial charge in [0.1, 0.15) is 23.9 Å². The number of alkyl halides is 6. The van der Waals surface area contributed by atoms with Crippen LogP contribution in [-0.2, 0) is 11.0 Å². The number of carbonyl (C=O) groups excluding carboxylic acids is 1. The molecule has 6 rings (SSSR count). The summed E-state index contributed by atoms with van der Waals surface area (Å²) in [4.78, 5) is 14.5. The molecule has 1 saturated heterocycles. The van der Waals surface area contributed by atoms with Crippen LogP contribution in [0.1, 0.15) is 58.8 Å². The number of carbonyl (C=O) groups is 1. The number of benzene rings is 2. The van der Waals surface area contributed by atoms with Gasteiger partial charge in [0.05, 0.1) is 5.69 Å². The zero-order valence-electron chi connectivity index (χ0n) is 22.9. The quantitative estimate of drug-likeness (QED) is 0.281. The average molecular weight is 617 g/mol. The Morgan fingerprint density at radius 2 is 1.43 bits per heavy atom. The van der Waals surface area contributed by atoms with E-state index in [1.807, 2.05) is 36.4 Å². The Bertz CT molecular complexity index is 1580. The second-order valence-electron chi connectivity index (χ2n) is 10.8. The number of aliphatic hydroxyl groups excluding tert-OH is 1. The van der Waals surface area contributed by atoms with Crippen molar-refractivity contribution in [3.8, 4) is 0 Å². The number of hydrogen-bond donors (Lipinski definition) is 2. The van der Waals surface area contributed by atoms with Crippen LogP contribution in [0.4, 0.5) is 38.0 Å². The summed E-state index contributed by atoms with van der Waals surface area (Å²) in [5, 5.41) is 24.8. The second-order valence-corrected chi connectivity index (χ2v) is 10.8. The van der Waals surface area contributed by atoms with Crippen molar-refractivity contribution in [1.82, 2.24) is 20.0 Å². The highest BCUT2D eigenvalue weighted by Crippen LogP contribution is 2.49. The van der Waals surface area contributed by atoms with Crippen molar-refractivity contribution in [3.05, 3.63) is 101 Å². The summed E-state index contributed by atoms with van der Waals surface area (Å²) in [6.07, 6.45) is -11.4. The summed E-state index contributed by atoms with van der Waals surface area (Å²) in [6.45, 7) is 0.525. The smallest absolute Gasteiger partial charge is 0.382 e. The SMILES string of the molecule is O=C1Nc2c(c(C3CCN(c4ccc(C(F)(F)F)nn4)CC3)nn2C(c2ccccc2)c2ccccc2)[C@H](C(F)(F)F)[C@@H]1O. The third kappa shape index (κ3) is 5.49. The summed E-state index contributed by atoms with van der Waals surface area (Å²) >= 11 is 0. The van der Waals surface area contributed by atoms with Gasteiger partial charge in [0, 0.05) is 24.6 Å². The van der Waals surface area contributed by atoms with Gasteiger partial charge in [-0.15, -0.1) is 10.2 Å². The Kier molecular flexibility index (Phi) is 7.56. The summed E-state index contributed by atoms with van der Waals surface area (Å²) in [5.41, 5.74) is 0.134. The number of piperidine rings is 1. The first-order chi connectivity index (χ1) is 20.9. The number of hydrogen-bond acceptors (Lipinski definition) is 6. The molecule has 2 aliphatic rings. The molecule has 230 valence electrons. The molecule has 2 aliphatic heterocycles. The van der Waals surface area contributed by atoms with E-state index in [4.69, 9.17) is 5.10 Å². The minimum Gasteiger partial charge on any atom is -0.382 e. The molecule has 14 heteroatoms. The van der Waals surface area contributed by atoms with Crippen molar-refractivity contribution in [1.29, 1.82) is 0 Å². The highest BCUT2D eigenvalue weighted by molar-refractivity contribution is 5.97. The Morgan fingerprint density at radius 1 is 0.841 bits per heavy atom. The third-order valence-electron chi connectivity index (χ3n) is 8.09. The highest BCUT2D eigenvalue weighted by atomic mass is 19.4. The number of halogens is 6. The van der Waals surface area contributed by atoms with E-state index in [1.54, 1.807) is 29.2 Å². The first-order valence-electron chi connectivity index (χ1n) is 13.9. The van der Waals surface area contributed by atoms with Gasteiger partial charge in [0.25, 0.3) is 5.91 Å². The van der Waals surface area contributed by atoms with E-state index >= 15 is 0 Å². The normalized spacial score (nSPS) is 19.6. The Morgan fingerprint density at radius 3 is 1.93 bits per heavy atom. The molecule has 2 aromatic carbocycles. The lowest BCUT2D eigenvalue weighted by Crippen LogP contribution is -2.45. The van der Waals surface area contributed by atoms with Crippen LogP contribution in [0, 0.1) is 0 Å². The predicted octanol–water partition coefficient (Wildman–Crippen LogP) is 5.67. The van der Waals surface area contributed by atoms with E-state index in [0.29, 0.717) is 12.8 Å². The second kappa shape index (κ2) is 11.2. The van der Waals surface area contributed by atoms with Gasteiger partial charge in [0.2, 0.25) is 0 Å². The summed E-state index contributed by atoms with van der Waals surface area (Å²) in [6, 6.07) is 19.4. The maximum Gasteiger partial charge on any atom is 0.435 e. The molecular weight excluding hydrogens is 590 g/mol. The van der Waals surface area contributed by atoms with Crippen LogP contribution in [0.3, 0.4) is 0 Å². The monoisotopic (exact) mass is 616 g/mol. The van der Waals surface area contributed by atoms with Crippen molar-refractivity contribution in [3.63, 3.8) is 0 Å². The van der Waals surface area contributed by atoms with E-state index in [1.165, 1.54) is 10.7 Å². The Labute approximate surface area is 247 Å². The molecule has 0 bridgehead atoms. The maximum absolute atomic E-state index is 14.6. The third-order valence-corrected chi connectivity index (χ3v) is 8.09. The molecule has 0 saturated carbocycles. The fourth-order valence-corrected chi connectivity index (χ4v) is 6.00. The lowest BCUT2D eigenvalue weighted by Gasteiger charge is -2.34. The number of nitrogens with zero attached hydrogens (tertiary/aromatic N) is 5. The van der Waals surface area contributed by atoms with E-state index < -0.39 is 47.9 Å². The predicted molar refractivity (Wildman–Crippen MR) is 147 cm³/mol. The largest absolute Gasteiger partial charge is 0.435 e. The molecule has 1 fully saturated rings. The Balaban J connectivity index is 1.42. The molecule has 2 N–H and O–H groups in total. The number of nitrogens with one attached hydrogen (secondary N) is 1. The number of rotatable bonds is 5. The molecular formula is C30H26F6N6O2. The van der Waals surface area contributed by atoms with Crippen LogP contribution < -0.4 is 10.2 Å². The molecule has 0 radical (unpaired) electrons. The topological polar surface area (TPSA) is 96.2 Å². The minimum atomic E-state index is -4.96. The average Bonchev–Trinajstić information content (AvgIpc) is 3.35. The van der Waals surface area contributed by atoms with Gasteiger partial charge in [-0.1, -0.05) is 60.7 Å². The lowest BCUT2D eigenvalue weighted by molar-refractivity contribution is -0.177. The number of aromatic nitrogens is 4. The van der Waals surface area contributed by atoms with Crippen LogP contribution in [0.25, 0.3) is 0 Å². The first kappa shape index (κ1) is 29.6. The zero-order chi connectivity index (χ0) is 31.2. The van der Waals surface area contributed by atoms with Crippen molar-refractivity contribution in [2.75, 3.05) is 23.3 Å². The standard InChI is InChI=1S/C30H26F6N6O2/c31-29(32,33)20-11-12-21(39-38-20)41-15-13-17(14-16-41)24-22-23(30(34,35)36)26(43)28(44)37-27(22)42(40-24)25(18-7-3-1-4-8-18)19-9-5-2-6-10-19/h1-12,17,23,25-26,43H,13-16H2,(H,37,44)/t23-,26-/m0/s1. The lowest BCUT2D eigenvalue weighted by atomic mass is 9.82. The van der Waals surface area contributed by atoms with Gasteiger partial charge in [-0.25, -0.2) is 4.68 Å². The maximum atomic E-state index is 14.6. The van der Waals surface area contributed by atoms with Gasteiger partial charge >= 0.3 is 12.4 Å². The van der Waals surface area contributed by atoms with E-state index in [2.05, 4.69) is 15.5 Å². The van der Waals surface area contributed by atoms with Gasteiger partial charge in [-0.2, -0.15) is 31.4 Å². The van der Waals surface area contributed by atoms with Crippen molar-refractivity contribution < 1.29 is 36.2 Å². The van der Waals surface area contributed by atoms with Crippen LogP contribution in [-0.4, -0.2) is 56.4 Å². The van der Waals surface area contributed by atoms with Gasteiger partial charge in [0.15, 0.2) is 11.5 Å². The molecule has 2 atom stereocenters. The number of anilines is 2. The summed E-state index contributed by atoms with van der Waals surface area (Å²) < 4.78 is 83.9. The van der Waals surface area contributed by atoms with E-state index in [-0.39, 0.29) is 36.0 Å². The molecule has 44 heavy (non-hydrogen) atoms. The number of fused-ring (bicyclic) bond motifs is 1. The summed E-state index contributed by atoms with van der Waals surface area (Å²) in [7, 11) is 0. The zero-order valence-corrected chi connectivity index (χ0v) is 22.9. The molecule has 1 amide bonds. The molecule has 4 heterocycles. The van der Waals surface area contributed by atoms with Crippen molar-refractivity contribution in [2.24, 2.45) is 0 Å². The number of aliphatic hydroxyl groups is 1. The van der Waals surface area contributed by atoms with Gasteiger partial charge in [-0.05, 0) is 36.1 Å². The first-order valence-corrected chi connectivity index (χ1v) is 13.9. The van der Waals surface area contributed by atoms with Crippen LogP contribution >= 0.6 is 0 Å². The molecule has 2 aromatic heterocycles. The summed E-state index contributed by atoms with van der Waals surface area (Å²) in [5.74, 6) is -4.11.